The summed E-state index contributed by atoms with van der Waals surface area (Å²) >= 11 is 0. The number of piperidine rings is 1. The van der Waals surface area contributed by atoms with E-state index in [4.69, 9.17) is 10.5 Å². The van der Waals surface area contributed by atoms with Gasteiger partial charge in [-0.3, -0.25) is 0 Å². The van der Waals surface area contributed by atoms with Crippen LogP contribution in [0.5, 0.6) is 0 Å². The van der Waals surface area contributed by atoms with Crippen LogP contribution >= 0.6 is 0 Å². The molecule has 0 bridgehead atoms. The number of rotatable bonds is 2. The lowest BCUT2D eigenvalue weighted by molar-refractivity contribution is 0.145. The molecule has 0 radical (unpaired) electrons. The first kappa shape index (κ1) is 13.1. The second kappa shape index (κ2) is 6.04. The van der Waals surface area contributed by atoms with Crippen LogP contribution in [0.2, 0.25) is 0 Å². The fraction of sp³-hybridized carbons (Fsp3) is 0.333. The van der Waals surface area contributed by atoms with Crippen LogP contribution < -0.4 is 4.90 Å². The van der Waals surface area contributed by atoms with Gasteiger partial charge < -0.3 is 10.0 Å². The van der Waals surface area contributed by atoms with Gasteiger partial charge in [0.05, 0.1) is 6.10 Å². The van der Waals surface area contributed by atoms with Gasteiger partial charge in [0.25, 0.3) is 0 Å². The van der Waals surface area contributed by atoms with Crippen LogP contribution in [0.4, 0.5) is 5.69 Å². The molecule has 4 nitrogen and oxygen atoms in total. The zero-order valence-electron chi connectivity index (χ0n) is 10.6. The zero-order chi connectivity index (χ0) is 13.7. The molecule has 2 rings (SSSR count). The smallest absolute Gasteiger partial charge is 0.130 e. The summed E-state index contributed by atoms with van der Waals surface area (Å²) in [6, 6.07) is 11.5. The number of aliphatic hydroxyl groups excluding tert-OH is 1. The molecule has 1 N–H and O–H groups in total. The minimum Gasteiger partial charge on any atom is -0.393 e. The molecule has 1 aromatic carbocycles. The number of nitriles is 2. The molecule has 1 aromatic rings. The molecule has 4 heteroatoms. The molecule has 0 saturated carbocycles. The molecule has 0 spiro atoms. The molecular formula is C15H15N3O. The van der Waals surface area contributed by atoms with Gasteiger partial charge in [-0.05, 0) is 30.5 Å². The second-order valence-electron chi connectivity index (χ2n) is 4.56. The van der Waals surface area contributed by atoms with E-state index in [1.165, 1.54) is 0 Å². The van der Waals surface area contributed by atoms with Crippen molar-refractivity contribution in [2.45, 2.75) is 18.9 Å². The Morgan fingerprint density at radius 1 is 1.21 bits per heavy atom. The van der Waals surface area contributed by atoms with E-state index in [1.807, 2.05) is 36.4 Å². The summed E-state index contributed by atoms with van der Waals surface area (Å²) in [5, 5.41) is 27.2. The molecule has 0 aromatic heterocycles. The normalized spacial score (nSPS) is 15.4. The van der Waals surface area contributed by atoms with Gasteiger partial charge in [0.15, 0.2) is 0 Å². The lowest BCUT2D eigenvalue weighted by atomic mass is 10.0. The third kappa shape index (κ3) is 3.13. The number of hydrogen-bond acceptors (Lipinski definition) is 4. The highest BCUT2D eigenvalue weighted by atomic mass is 16.3. The van der Waals surface area contributed by atoms with Gasteiger partial charge >= 0.3 is 0 Å². The van der Waals surface area contributed by atoms with Crippen molar-refractivity contribution in [3.63, 3.8) is 0 Å². The number of anilines is 1. The molecular weight excluding hydrogens is 238 g/mol. The van der Waals surface area contributed by atoms with Gasteiger partial charge in [-0.2, -0.15) is 10.5 Å². The number of benzene rings is 1. The third-order valence-electron chi connectivity index (χ3n) is 3.28. The van der Waals surface area contributed by atoms with Crippen molar-refractivity contribution in [2.75, 3.05) is 18.0 Å². The first-order chi connectivity index (χ1) is 9.24. The highest BCUT2D eigenvalue weighted by Gasteiger charge is 2.18. The largest absolute Gasteiger partial charge is 0.393 e. The fourth-order valence-electron chi connectivity index (χ4n) is 2.25. The van der Waals surface area contributed by atoms with E-state index in [9.17, 15) is 5.11 Å². The third-order valence-corrected chi connectivity index (χ3v) is 3.28. The van der Waals surface area contributed by atoms with Gasteiger partial charge in [0.1, 0.15) is 17.7 Å². The number of nitrogens with zero attached hydrogens (tertiary/aromatic N) is 3. The summed E-state index contributed by atoms with van der Waals surface area (Å²) in [6.45, 7) is 1.58. The predicted octanol–water partition coefficient (Wildman–Crippen LogP) is 2.08. The van der Waals surface area contributed by atoms with Crippen molar-refractivity contribution in [2.24, 2.45) is 0 Å². The van der Waals surface area contributed by atoms with E-state index in [0.717, 1.165) is 37.2 Å². The highest BCUT2D eigenvalue weighted by molar-refractivity contribution is 5.72. The Morgan fingerprint density at radius 2 is 1.84 bits per heavy atom. The number of hydrogen-bond donors (Lipinski definition) is 1. The molecule has 0 atom stereocenters. The summed E-state index contributed by atoms with van der Waals surface area (Å²) in [6.07, 6.45) is 2.90. The summed E-state index contributed by atoms with van der Waals surface area (Å²) in [5.74, 6) is 0. The molecule has 1 aliphatic heterocycles. The maximum absolute atomic E-state index is 9.54. The van der Waals surface area contributed by atoms with Crippen molar-refractivity contribution in [3.05, 3.63) is 35.4 Å². The Kier molecular flexibility index (Phi) is 4.18. The number of allylic oxidation sites excluding steroid dienone is 1. The van der Waals surface area contributed by atoms with E-state index < -0.39 is 0 Å². The van der Waals surface area contributed by atoms with Crippen molar-refractivity contribution in [3.8, 4) is 12.1 Å². The first-order valence-corrected chi connectivity index (χ1v) is 6.28. The molecule has 0 amide bonds. The minimum atomic E-state index is -0.215. The Balaban J connectivity index is 2.30. The Hall–Kier alpha value is -2.30. The second-order valence-corrected chi connectivity index (χ2v) is 4.56. The minimum absolute atomic E-state index is 0.101. The van der Waals surface area contributed by atoms with Crippen LogP contribution in [0, 0.1) is 22.7 Å². The molecule has 0 aliphatic carbocycles. The molecule has 1 fully saturated rings. The maximum atomic E-state index is 9.54. The van der Waals surface area contributed by atoms with Crippen molar-refractivity contribution >= 4 is 11.8 Å². The summed E-state index contributed by atoms with van der Waals surface area (Å²) in [4.78, 5) is 2.19. The Morgan fingerprint density at radius 3 is 2.47 bits per heavy atom. The average molecular weight is 253 g/mol. The van der Waals surface area contributed by atoms with E-state index in [0.29, 0.717) is 0 Å². The van der Waals surface area contributed by atoms with Crippen LogP contribution in [0.1, 0.15) is 18.4 Å². The molecule has 96 valence electrons. The summed E-state index contributed by atoms with van der Waals surface area (Å²) < 4.78 is 0. The van der Waals surface area contributed by atoms with Crippen LogP contribution in [-0.2, 0) is 0 Å². The standard InChI is InChI=1S/C15H15N3O/c16-10-12(11-17)9-13-3-1-2-4-15(13)18-7-5-14(19)6-8-18/h1-4,9,14,19H,5-8H2. The maximum Gasteiger partial charge on any atom is 0.130 e. The number of aliphatic hydroxyl groups is 1. The van der Waals surface area contributed by atoms with Crippen LogP contribution in [0.3, 0.4) is 0 Å². The lowest BCUT2D eigenvalue weighted by Crippen LogP contribution is -2.36. The quantitative estimate of drug-likeness (QED) is 0.819. The van der Waals surface area contributed by atoms with Crippen LogP contribution in [0.15, 0.2) is 29.8 Å². The highest BCUT2D eigenvalue weighted by Crippen LogP contribution is 2.25. The van der Waals surface area contributed by atoms with Crippen molar-refractivity contribution < 1.29 is 5.11 Å². The van der Waals surface area contributed by atoms with Gasteiger partial charge in [0.2, 0.25) is 0 Å². The van der Waals surface area contributed by atoms with Gasteiger partial charge in [-0.15, -0.1) is 0 Å². The van der Waals surface area contributed by atoms with Crippen LogP contribution in [-0.4, -0.2) is 24.3 Å². The molecule has 1 saturated heterocycles. The summed E-state index contributed by atoms with van der Waals surface area (Å²) in [5.41, 5.74) is 1.99. The van der Waals surface area contributed by atoms with E-state index in [-0.39, 0.29) is 11.7 Å². The van der Waals surface area contributed by atoms with E-state index in [1.54, 1.807) is 6.08 Å². The van der Waals surface area contributed by atoms with Gasteiger partial charge in [0, 0.05) is 18.8 Å². The van der Waals surface area contributed by atoms with E-state index >= 15 is 0 Å². The van der Waals surface area contributed by atoms with Crippen molar-refractivity contribution in [1.29, 1.82) is 10.5 Å². The Labute approximate surface area is 112 Å². The summed E-state index contributed by atoms with van der Waals surface area (Å²) in [7, 11) is 0. The van der Waals surface area contributed by atoms with Gasteiger partial charge in [-0.25, -0.2) is 0 Å². The number of para-hydroxylation sites is 1. The topological polar surface area (TPSA) is 71.0 Å². The lowest BCUT2D eigenvalue weighted by Gasteiger charge is -2.32. The molecule has 1 heterocycles. The Bertz CT molecular complexity index is 541. The average Bonchev–Trinajstić information content (AvgIpc) is 2.46. The molecule has 1 aliphatic rings. The zero-order valence-corrected chi connectivity index (χ0v) is 10.6. The SMILES string of the molecule is N#CC(C#N)=Cc1ccccc1N1CCC(O)CC1. The monoisotopic (exact) mass is 253 g/mol. The predicted molar refractivity (Wildman–Crippen MR) is 73.1 cm³/mol. The fourth-order valence-corrected chi connectivity index (χ4v) is 2.25. The molecule has 0 unspecified atom stereocenters. The van der Waals surface area contributed by atoms with Crippen LogP contribution in [0.25, 0.3) is 6.08 Å². The van der Waals surface area contributed by atoms with Gasteiger partial charge in [-0.1, -0.05) is 18.2 Å². The van der Waals surface area contributed by atoms with Crippen molar-refractivity contribution in [1.82, 2.24) is 0 Å². The van der Waals surface area contributed by atoms with E-state index in [2.05, 4.69) is 4.90 Å². The molecule has 19 heavy (non-hydrogen) atoms. The first-order valence-electron chi connectivity index (χ1n) is 6.28.